The minimum absolute atomic E-state index is 0.0407. The van der Waals surface area contributed by atoms with Crippen LogP contribution in [0.1, 0.15) is 46.8 Å². The molecule has 0 radical (unpaired) electrons. The molecule has 1 aliphatic rings. The summed E-state index contributed by atoms with van der Waals surface area (Å²) in [4.78, 5) is 38.1. The Labute approximate surface area is 178 Å². The summed E-state index contributed by atoms with van der Waals surface area (Å²) in [6, 6.07) is 14.1. The number of amides is 2. The van der Waals surface area contributed by atoms with E-state index in [4.69, 9.17) is 4.74 Å². The molecular weight excluding hydrogens is 436 g/mol. The Morgan fingerprint density at radius 2 is 1.83 bits per heavy atom. The van der Waals surface area contributed by atoms with Gasteiger partial charge in [-0.25, -0.2) is 0 Å². The first-order valence-corrected chi connectivity index (χ1v) is 10.3. The highest BCUT2D eigenvalue weighted by Crippen LogP contribution is 2.21. The van der Waals surface area contributed by atoms with Crippen LogP contribution in [0.5, 0.6) is 0 Å². The number of carbonyl (C=O) groups excluding carboxylic acids is 3. The monoisotopic (exact) mass is 458 g/mol. The van der Waals surface area contributed by atoms with Crippen LogP contribution in [-0.4, -0.2) is 36.3 Å². The quantitative estimate of drug-likeness (QED) is 0.642. The van der Waals surface area contributed by atoms with Gasteiger partial charge in [-0.3, -0.25) is 14.4 Å². The molecule has 7 heteroatoms. The summed E-state index contributed by atoms with van der Waals surface area (Å²) in [6.45, 7) is 1.34. The summed E-state index contributed by atoms with van der Waals surface area (Å²) in [5.41, 5.74) is 2.29. The number of esters is 1. The van der Waals surface area contributed by atoms with Crippen molar-refractivity contribution in [1.29, 1.82) is 0 Å². The molecular formula is C22H23BrN2O4. The lowest BCUT2D eigenvalue weighted by Gasteiger charge is -2.19. The van der Waals surface area contributed by atoms with E-state index < -0.39 is 12.0 Å². The molecule has 29 heavy (non-hydrogen) atoms. The number of nitrogens with one attached hydrogen (secondary N) is 1. The largest absolute Gasteiger partial charge is 0.469 e. The topological polar surface area (TPSA) is 75.7 Å². The molecule has 0 aromatic heterocycles. The SMILES string of the molecule is COC(=O)CC(NC(=O)c1ccc(CN2CCCC2=O)cc1)c1ccc(Br)cc1. The average molecular weight is 459 g/mol. The van der Waals surface area contributed by atoms with Gasteiger partial charge in [-0.05, 0) is 41.8 Å². The first-order valence-electron chi connectivity index (χ1n) is 9.46. The van der Waals surface area contributed by atoms with Crippen molar-refractivity contribution >= 4 is 33.7 Å². The van der Waals surface area contributed by atoms with Crippen molar-refractivity contribution < 1.29 is 19.1 Å². The van der Waals surface area contributed by atoms with E-state index in [1.54, 1.807) is 12.1 Å². The van der Waals surface area contributed by atoms with Crippen LogP contribution in [0.4, 0.5) is 0 Å². The van der Waals surface area contributed by atoms with Gasteiger partial charge >= 0.3 is 5.97 Å². The van der Waals surface area contributed by atoms with Crippen molar-refractivity contribution in [1.82, 2.24) is 10.2 Å². The first kappa shape index (κ1) is 21.0. The molecule has 1 heterocycles. The molecule has 1 aliphatic heterocycles. The van der Waals surface area contributed by atoms with Crippen LogP contribution in [-0.2, 0) is 20.9 Å². The number of benzene rings is 2. The van der Waals surface area contributed by atoms with E-state index in [1.165, 1.54) is 7.11 Å². The number of hydrogen-bond donors (Lipinski definition) is 1. The second-order valence-electron chi connectivity index (χ2n) is 6.97. The fourth-order valence-corrected chi connectivity index (χ4v) is 3.56. The fourth-order valence-electron chi connectivity index (χ4n) is 3.29. The molecule has 2 aromatic rings. The predicted octanol–water partition coefficient (Wildman–Crippen LogP) is 3.61. The Kier molecular flexibility index (Phi) is 7.04. The first-order chi connectivity index (χ1) is 14.0. The molecule has 6 nitrogen and oxygen atoms in total. The minimum Gasteiger partial charge on any atom is -0.469 e. The molecule has 1 unspecified atom stereocenters. The van der Waals surface area contributed by atoms with Gasteiger partial charge in [0.2, 0.25) is 5.91 Å². The molecule has 0 saturated carbocycles. The molecule has 0 bridgehead atoms. The van der Waals surface area contributed by atoms with Crippen LogP contribution in [0, 0.1) is 0 Å². The normalized spacial score (nSPS) is 14.6. The standard InChI is InChI=1S/C22H23BrN2O4/c1-29-21(27)13-19(16-8-10-18(23)11-9-16)24-22(28)17-6-4-15(5-7-17)14-25-12-2-3-20(25)26/h4-11,19H,2-3,12-14H2,1H3,(H,24,28). The summed E-state index contributed by atoms with van der Waals surface area (Å²) in [7, 11) is 1.33. The Morgan fingerprint density at radius 3 is 2.41 bits per heavy atom. The lowest BCUT2D eigenvalue weighted by molar-refractivity contribution is -0.141. The van der Waals surface area contributed by atoms with E-state index in [2.05, 4.69) is 21.2 Å². The van der Waals surface area contributed by atoms with Gasteiger partial charge in [-0.15, -0.1) is 0 Å². The third-order valence-electron chi connectivity index (χ3n) is 4.94. The van der Waals surface area contributed by atoms with Crippen LogP contribution in [0.15, 0.2) is 53.0 Å². The molecule has 1 fully saturated rings. The Bertz CT molecular complexity index is 881. The van der Waals surface area contributed by atoms with Crippen molar-refractivity contribution in [3.05, 3.63) is 69.7 Å². The summed E-state index contributed by atoms with van der Waals surface area (Å²) in [6.07, 6.45) is 1.55. The van der Waals surface area contributed by atoms with Gasteiger partial charge < -0.3 is 15.0 Å². The Hall–Kier alpha value is -2.67. The maximum Gasteiger partial charge on any atom is 0.307 e. The highest BCUT2D eigenvalue weighted by Gasteiger charge is 2.21. The summed E-state index contributed by atoms with van der Waals surface area (Å²) < 4.78 is 5.68. The van der Waals surface area contributed by atoms with Crippen LogP contribution in [0.2, 0.25) is 0 Å². The van der Waals surface area contributed by atoms with Crippen LogP contribution in [0.3, 0.4) is 0 Å². The molecule has 1 N–H and O–H groups in total. The van der Waals surface area contributed by atoms with Crippen molar-refractivity contribution in [2.24, 2.45) is 0 Å². The molecule has 2 amide bonds. The van der Waals surface area contributed by atoms with Gasteiger partial charge in [0.05, 0.1) is 19.6 Å². The van der Waals surface area contributed by atoms with Crippen molar-refractivity contribution in [2.45, 2.75) is 31.8 Å². The van der Waals surface area contributed by atoms with Crippen LogP contribution < -0.4 is 5.32 Å². The third kappa shape index (κ3) is 5.67. The summed E-state index contributed by atoms with van der Waals surface area (Å²) in [5.74, 6) is -0.499. The number of nitrogens with zero attached hydrogens (tertiary/aromatic N) is 1. The van der Waals surface area contributed by atoms with Gasteiger partial charge in [-0.1, -0.05) is 40.2 Å². The average Bonchev–Trinajstić information content (AvgIpc) is 3.13. The number of halogens is 1. The number of likely N-dealkylation sites (tertiary alicyclic amines) is 1. The smallest absolute Gasteiger partial charge is 0.307 e. The lowest BCUT2D eigenvalue weighted by Crippen LogP contribution is -2.30. The highest BCUT2D eigenvalue weighted by atomic mass is 79.9. The van der Waals surface area contributed by atoms with E-state index in [9.17, 15) is 14.4 Å². The molecule has 3 rings (SSSR count). The number of rotatable bonds is 7. The minimum atomic E-state index is -0.495. The van der Waals surface area contributed by atoms with E-state index in [0.717, 1.165) is 28.6 Å². The molecule has 0 aliphatic carbocycles. The van der Waals surface area contributed by atoms with E-state index in [1.807, 2.05) is 41.3 Å². The van der Waals surface area contributed by atoms with E-state index in [-0.39, 0.29) is 18.2 Å². The second kappa shape index (κ2) is 9.69. The number of carbonyl (C=O) groups is 3. The van der Waals surface area contributed by atoms with E-state index in [0.29, 0.717) is 18.5 Å². The molecule has 152 valence electrons. The zero-order chi connectivity index (χ0) is 20.8. The molecule has 2 aromatic carbocycles. The zero-order valence-electron chi connectivity index (χ0n) is 16.2. The predicted molar refractivity (Wildman–Crippen MR) is 112 cm³/mol. The third-order valence-corrected chi connectivity index (χ3v) is 5.47. The Morgan fingerprint density at radius 1 is 1.14 bits per heavy atom. The van der Waals surface area contributed by atoms with Crippen molar-refractivity contribution in [3.8, 4) is 0 Å². The maximum absolute atomic E-state index is 12.7. The number of hydrogen-bond acceptors (Lipinski definition) is 4. The van der Waals surface area contributed by atoms with Gasteiger partial charge in [0, 0.05) is 29.5 Å². The number of ether oxygens (including phenoxy) is 1. The van der Waals surface area contributed by atoms with Crippen LogP contribution in [0.25, 0.3) is 0 Å². The maximum atomic E-state index is 12.7. The molecule has 1 atom stereocenters. The van der Waals surface area contributed by atoms with Crippen LogP contribution >= 0.6 is 15.9 Å². The summed E-state index contributed by atoms with van der Waals surface area (Å²) >= 11 is 3.38. The van der Waals surface area contributed by atoms with Crippen molar-refractivity contribution in [2.75, 3.05) is 13.7 Å². The Balaban J connectivity index is 1.68. The zero-order valence-corrected chi connectivity index (χ0v) is 17.8. The summed E-state index contributed by atoms with van der Waals surface area (Å²) in [5, 5.41) is 2.91. The fraction of sp³-hybridized carbons (Fsp3) is 0.318. The van der Waals surface area contributed by atoms with E-state index >= 15 is 0 Å². The van der Waals surface area contributed by atoms with Gasteiger partial charge in [0.15, 0.2) is 0 Å². The van der Waals surface area contributed by atoms with Gasteiger partial charge in [-0.2, -0.15) is 0 Å². The molecule has 1 saturated heterocycles. The molecule has 0 spiro atoms. The van der Waals surface area contributed by atoms with Crippen molar-refractivity contribution in [3.63, 3.8) is 0 Å². The second-order valence-corrected chi connectivity index (χ2v) is 7.89. The lowest BCUT2D eigenvalue weighted by atomic mass is 10.0. The highest BCUT2D eigenvalue weighted by molar-refractivity contribution is 9.10. The van der Waals surface area contributed by atoms with Gasteiger partial charge in [0.25, 0.3) is 5.91 Å². The van der Waals surface area contributed by atoms with Gasteiger partial charge in [0.1, 0.15) is 0 Å². The number of methoxy groups -OCH3 is 1.